The van der Waals surface area contributed by atoms with Gasteiger partial charge in [0.25, 0.3) is 0 Å². The van der Waals surface area contributed by atoms with Gasteiger partial charge in [-0.05, 0) is 38.1 Å². The van der Waals surface area contributed by atoms with E-state index in [0.717, 1.165) is 50.7 Å². The summed E-state index contributed by atoms with van der Waals surface area (Å²) in [6, 6.07) is 5.32. The fourth-order valence-corrected chi connectivity index (χ4v) is 2.30. The predicted molar refractivity (Wildman–Crippen MR) is 117 cm³/mol. The molecule has 0 fully saturated rings. The average Bonchev–Trinajstić information content (AvgIpc) is 2.60. The van der Waals surface area contributed by atoms with Crippen LogP contribution in [0.4, 0.5) is 0 Å². The Hall–Kier alpha value is -1.26. The predicted octanol–water partition coefficient (Wildman–Crippen LogP) is 2.04. The van der Waals surface area contributed by atoms with E-state index in [1.807, 2.05) is 13.0 Å². The third-order valence-electron chi connectivity index (χ3n) is 3.68. The van der Waals surface area contributed by atoms with Crippen molar-refractivity contribution < 1.29 is 14.6 Å². The number of aliphatic imine (C=N–C) groups is 1. The molecule has 0 aromatic heterocycles. The van der Waals surface area contributed by atoms with Gasteiger partial charge in [-0.3, -0.25) is 0 Å². The van der Waals surface area contributed by atoms with Gasteiger partial charge in [0.15, 0.2) is 17.5 Å². The molecule has 0 atom stereocenters. The summed E-state index contributed by atoms with van der Waals surface area (Å²) >= 11 is 0. The van der Waals surface area contributed by atoms with Gasteiger partial charge in [0.05, 0.1) is 13.7 Å². The molecule has 7 nitrogen and oxygen atoms in total. The van der Waals surface area contributed by atoms with E-state index in [0.29, 0.717) is 12.3 Å². The van der Waals surface area contributed by atoms with Crippen molar-refractivity contribution in [1.82, 2.24) is 15.5 Å². The average molecular weight is 480 g/mol. The Balaban J connectivity index is 0.00000625. The maximum Gasteiger partial charge on any atom is 0.191 e. The quantitative estimate of drug-likeness (QED) is 0.195. The Kier molecular flexibility index (Phi) is 14.1. The number of hydrogen-bond acceptors (Lipinski definition) is 5. The lowest BCUT2D eigenvalue weighted by molar-refractivity contribution is 0.180. The number of nitrogens with zero attached hydrogens (tertiary/aromatic N) is 2. The van der Waals surface area contributed by atoms with E-state index < -0.39 is 0 Å². The number of phenolic OH excluding ortho intramolecular Hbond substituents is 1. The van der Waals surface area contributed by atoms with Crippen LogP contribution in [0.1, 0.15) is 18.9 Å². The topological polar surface area (TPSA) is 78.4 Å². The van der Waals surface area contributed by atoms with E-state index in [1.54, 1.807) is 19.2 Å². The molecule has 0 aliphatic heterocycles. The molecular weight excluding hydrogens is 447 g/mol. The van der Waals surface area contributed by atoms with Crippen LogP contribution in [0.5, 0.6) is 11.5 Å². The van der Waals surface area contributed by atoms with Crippen molar-refractivity contribution in [2.75, 3.05) is 54.1 Å². The Labute approximate surface area is 174 Å². The van der Waals surface area contributed by atoms with Crippen LogP contribution in [0.15, 0.2) is 23.2 Å². The van der Waals surface area contributed by atoms with Crippen molar-refractivity contribution >= 4 is 29.9 Å². The van der Waals surface area contributed by atoms with E-state index in [2.05, 4.69) is 27.6 Å². The standard InChI is InChI=1S/C18H32N4O3.HI/c1-5-19-18(20-9-11-22(2)10-6-12-24-3)21-14-15-7-8-17(25-4)16(23)13-15;/h7-8,13,23H,5-6,9-12,14H2,1-4H3,(H2,19,20,21);1H. The molecular formula is C18H33IN4O3. The van der Waals surface area contributed by atoms with Crippen molar-refractivity contribution in [3.63, 3.8) is 0 Å². The molecule has 0 spiro atoms. The van der Waals surface area contributed by atoms with Gasteiger partial charge in [-0.2, -0.15) is 0 Å². The molecule has 0 heterocycles. The van der Waals surface area contributed by atoms with Crippen molar-refractivity contribution in [1.29, 1.82) is 0 Å². The first-order valence-electron chi connectivity index (χ1n) is 8.66. The van der Waals surface area contributed by atoms with Crippen LogP contribution in [0.2, 0.25) is 0 Å². The molecule has 0 amide bonds. The van der Waals surface area contributed by atoms with Gasteiger partial charge >= 0.3 is 0 Å². The normalized spacial score (nSPS) is 11.2. The minimum atomic E-state index is 0. The Morgan fingerprint density at radius 3 is 2.62 bits per heavy atom. The van der Waals surface area contributed by atoms with E-state index >= 15 is 0 Å². The fraction of sp³-hybridized carbons (Fsp3) is 0.611. The van der Waals surface area contributed by atoms with Crippen LogP contribution in [-0.4, -0.2) is 70.0 Å². The first-order chi connectivity index (χ1) is 12.1. The summed E-state index contributed by atoms with van der Waals surface area (Å²) in [4.78, 5) is 6.82. The number of guanidine groups is 1. The number of aromatic hydroxyl groups is 1. The van der Waals surface area contributed by atoms with Crippen LogP contribution in [0, 0.1) is 0 Å². The van der Waals surface area contributed by atoms with Gasteiger partial charge in [0.1, 0.15) is 0 Å². The van der Waals surface area contributed by atoms with Crippen LogP contribution < -0.4 is 15.4 Å². The van der Waals surface area contributed by atoms with Crippen LogP contribution in [-0.2, 0) is 11.3 Å². The largest absolute Gasteiger partial charge is 0.504 e. The van der Waals surface area contributed by atoms with Crippen molar-refractivity contribution in [3.05, 3.63) is 23.8 Å². The van der Waals surface area contributed by atoms with E-state index in [-0.39, 0.29) is 29.7 Å². The molecule has 3 N–H and O–H groups in total. The van der Waals surface area contributed by atoms with Gasteiger partial charge < -0.3 is 30.1 Å². The second kappa shape index (κ2) is 14.9. The monoisotopic (exact) mass is 480 g/mol. The van der Waals surface area contributed by atoms with Crippen LogP contribution in [0.25, 0.3) is 0 Å². The molecule has 0 unspecified atom stereocenters. The summed E-state index contributed by atoms with van der Waals surface area (Å²) in [6.45, 7) is 6.85. The molecule has 0 aliphatic carbocycles. The highest BCUT2D eigenvalue weighted by Gasteiger charge is 2.03. The molecule has 0 radical (unpaired) electrons. The molecule has 1 aromatic carbocycles. The summed E-state index contributed by atoms with van der Waals surface area (Å²) in [6.07, 6.45) is 1.03. The number of benzene rings is 1. The molecule has 0 bridgehead atoms. The fourth-order valence-electron chi connectivity index (χ4n) is 2.30. The third kappa shape index (κ3) is 10.0. The van der Waals surface area contributed by atoms with Gasteiger partial charge in [0, 0.05) is 39.9 Å². The number of methoxy groups -OCH3 is 2. The van der Waals surface area contributed by atoms with Crippen molar-refractivity contribution in [2.45, 2.75) is 19.9 Å². The Morgan fingerprint density at radius 2 is 2.00 bits per heavy atom. The SMILES string of the molecule is CCNC(=NCc1ccc(OC)c(O)c1)NCCN(C)CCCOC.I. The van der Waals surface area contributed by atoms with Gasteiger partial charge in [-0.25, -0.2) is 4.99 Å². The first kappa shape index (κ1) is 24.7. The van der Waals surface area contributed by atoms with E-state index in [4.69, 9.17) is 9.47 Å². The number of nitrogens with one attached hydrogen (secondary N) is 2. The van der Waals surface area contributed by atoms with Gasteiger partial charge in [-0.1, -0.05) is 6.07 Å². The zero-order valence-corrected chi connectivity index (χ0v) is 18.6. The molecule has 0 aliphatic rings. The smallest absolute Gasteiger partial charge is 0.191 e. The lowest BCUT2D eigenvalue weighted by Crippen LogP contribution is -2.41. The van der Waals surface area contributed by atoms with E-state index in [1.165, 1.54) is 7.11 Å². The lowest BCUT2D eigenvalue weighted by atomic mass is 10.2. The van der Waals surface area contributed by atoms with Crippen molar-refractivity contribution in [3.8, 4) is 11.5 Å². The molecule has 8 heteroatoms. The number of likely N-dealkylation sites (N-methyl/N-ethyl adjacent to an activating group) is 1. The molecule has 0 saturated carbocycles. The Morgan fingerprint density at radius 1 is 1.23 bits per heavy atom. The van der Waals surface area contributed by atoms with Crippen LogP contribution >= 0.6 is 24.0 Å². The maximum absolute atomic E-state index is 9.83. The van der Waals surface area contributed by atoms with Crippen LogP contribution in [0.3, 0.4) is 0 Å². The minimum Gasteiger partial charge on any atom is -0.504 e. The summed E-state index contributed by atoms with van der Waals surface area (Å²) in [7, 11) is 5.36. The number of phenols is 1. The molecule has 1 aromatic rings. The summed E-state index contributed by atoms with van der Waals surface area (Å²) in [5.74, 6) is 1.36. The number of hydrogen-bond donors (Lipinski definition) is 3. The number of halogens is 1. The second-order valence-corrected chi connectivity index (χ2v) is 5.78. The molecule has 150 valence electrons. The van der Waals surface area contributed by atoms with Gasteiger partial charge in [0.2, 0.25) is 0 Å². The van der Waals surface area contributed by atoms with Crippen molar-refractivity contribution in [2.24, 2.45) is 4.99 Å². The summed E-state index contributed by atoms with van der Waals surface area (Å²) in [5.41, 5.74) is 0.923. The number of rotatable bonds is 11. The summed E-state index contributed by atoms with van der Waals surface area (Å²) in [5, 5.41) is 16.4. The first-order valence-corrected chi connectivity index (χ1v) is 8.66. The third-order valence-corrected chi connectivity index (χ3v) is 3.68. The van der Waals surface area contributed by atoms with E-state index in [9.17, 15) is 5.11 Å². The highest BCUT2D eigenvalue weighted by molar-refractivity contribution is 14.0. The molecule has 0 saturated heterocycles. The molecule has 1 rings (SSSR count). The zero-order chi connectivity index (χ0) is 18.5. The maximum atomic E-state index is 9.83. The number of ether oxygens (including phenoxy) is 2. The lowest BCUT2D eigenvalue weighted by Gasteiger charge is -2.18. The minimum absolute atomic E-state index is 0. The second-order valence-electron chi connectivity index (χ2n) is 5.78. The molecule has 26 heavy (non-hydrogen) atoms. The zero-order valence-electron chi connectivity index (χ0n) is 16.2. The Bertz CT molecular complexity index is 529. The van der Waals surface area contributed by atoms with Gasteiger partial charge in [-0.15, -0.1) is 24.0 Å². The highest BCUT2D eigenvalue weighted by Crippen LogP contribution is 2.26. The summed E-state index contributed by atoms with van der Waals surface area (Å²) < 4.78 is 10.1. The highest BCUT2D eigenvalue weighted by atomic mass is 127.